The molecule has 7 nitrogen and oxygen atoms in total. The Hall–Kier alpha value is -3.09. The van der Waals surface area contributed by atoms with E-state index in [0.29, 0.717) is 22.7 Å². The zero-order chi connectivity index (χ0) is 19.5. The maximum atomic E-state index is 12.6. The van der Waals surface area contributed by atoms with Gasteiger partial charge in [0.05, 0.1) is 24.8 Å². The van der Waals surface area contributed by atoms with Crippen LogP contribution in [0.1, 0.15) is 36.7 Å². The van der Waals surface area contributed by atoms with E-state index in [9.17, 15) is 14.9 Å². The molecule has 0 aliphatic carbocycles. The minimum Gasteiger partial charge on any atom is -0.497 e. The second kappa shape index (κ2) is 7.43. The summed E-state index contributed by atoms with van der Waals surface area (Å²) in [5.41, 5.74) is 0.683. The predicted octanol–water partition coefficient (Wildman–Crippen LogP) is 4.16. The normalized spacial score (nSPS) is 11.0. The predicted molar refractivity (Wildman–Crippen MR) is 99.3 cm³/mol. The summed E-state index contributed by atoms with van der Waals surface area (Å²) >= 11 is 0. The number of benzene rings is 2. The number of carbonyl (C=O) groups is 1. The van der Waals surface area contributed by atoms with Crippen molar-refractivity contribution in [3.05, 3.63) is 57.6 Å². The van der Waals surface area contributed by atoms with Crippen molar-refractivity contribution < 1.29 is 19.2 Å². The smallest absolute Gasteiger partial charge is 0.273 e. The van der Waals surface area contributed by atoms with E-state index in [-0.39, 0.29) is 11.3 Å². The molecule has 0 saturated carbocycles. The molecule has 1 N–H and O–H groups in total. The summed E-state index contributed by atoms with van der Waals surface area (Å²) in [5.74, 6) is 0.537. The van der Waals surface area contributed by atoms with Gasteiger partial charge < -0.3 is 14.8 Å². The molecule has 138 valence electrons. The number of hydrogen-bond acceptors (Lipinski definition) is 5. The molecule has 0 radical (unpaired) electrons. The number of amides is 1. The lowest BCUT2D eigenvalue weighted by Gasteiger charge is -2.19. The Morgan fingerprint density at radius 1 is 1.08 bits per heavy atom. The number of nitro groups is 1. The summed E-state index contributed by atoms with van der Waals surface area (Å²) in [6.07, 6.45) is 0. The fraction of sp³-hybridized carbons (Fsp3) is 0.316. The first-order chi connectivity index (χ1) is 12.2. The zero-order valence-electron chi connectivity index (χ0n) is 15.5. The van der Waals surface area contributed by atoms with E-state index in [0.717, 1.165) is 0 Å². The van der Waals surface area contributed by atoms with E-state index >= 15 is 0 Å². The minimum atomic E-state index is -0.472. The van der Waals surface area contributed by atoms with Crippen molar-refractivity contribution >= 4 is 17.3 Å². The van der Waals surface area contributed by atoms with Gasteiger partial charge in [-0.15, -0.1) is 0 Å². The molecule has 0 saturated heterocycles. The molecule has 0 atom stereocenters. The van der Waals surface area contributed by atoms with Crippen molar-refractivity contribution in [2.24, 2.45) is 0 Å². The highest BCUT2D eigenvalue weighted by Gasteiger charge is 2.26. The standard InChI is InChI=1S/C19H22N2O5/c1-19(2,3)14-8-6-12(10-16(14)21(23)24)18(22)20-15-11-13(25-4)7-9-17(15)26-5/h6-11H,1-5H3,(H,20,22). The fourth-order valence-electron chi connectivity index (χ4n) is 2.56. The Kier molecular flexibility index (Phi) is 5.50. The second-order valence-corrected chi connectivity index (χ2v) is 6.76. The van der Waals surface area contributed by atoms with Gasteiger partial charge in [0.15, 0.2) is 0 Å². The second-order valence-electron chi connectivity index (χ2n) is 6.76. The average molecular weight is 358 g/mol. The number of rotatable bonds is 5. The Balaban J connectivity index is 2.39. The highest BCUT2D eigenvalue weighted by molar-refractivity contribution is 6.05. The lowest BCUT2D eigenvalue weighted by Crippen LogP contribution is -2.17. The topological polar surface area (TPSA) is 90.7 Å². The van der Waals surface area contributed by atoms with E-state index < -0.39 is 16.2 Å². The van der Waals surface area contributed by atoms with Gasteiger partial charge in [0.1, 0.15) is 11.5 Å². The van der Waals surface area contributed by atoms with Gasteiger partial charge in [0.25, 0.3) is 11.6 Å². The van der Waals surface area contributed by atoms with Crippen LogP contribution < -0.4 is 14.8 Å². The van der Waals surface area contributed by atoms with E-state index in [1.165, 1.54) is 20.3 Å². The zero-order valence-corrected chi connectivity index (χ0v) is 15.5. The lowest BCUT2D eigenvalue weighted by atomic mass is 9.85. The Bertz CT molecular complexity index is 840. The molecule has 2 aromatic carbocycles. The number of carbonyl (C=O) groups excluding carboxylic acids is 1. The highest BCUT2D eigenvalue weighted by Crippen LogP contribution is 2.33. The summed E-state index contributed by atoms with van der Waals surface area (Å²) in [5, 5.41) is 14.1. The quantitative estimate of drug-likeness (QED) is 0.640. The molecule has 0 spiro atoms. The molecule has 26 heavy (non-hydrogen) atoms. The highest BCUT2D eigenvalue weighted by atomic mass is 16.6. The van der Waals surface area contributed by atoms with Gasteiger partial charge in [-0.25, -0.2) is 0 Å². The third kappa shape index (κ3) is 4.11. The van der Waals surface area contributed by atoms with Crippen LogP contribution in [-0.2, 0) is 5.41 Å². The van der Waals surface area contributed by atoms with Gasteiger partial charge in [-0.2, -0.15) is 0 Å². The van der Waals surface area contributed by atoms with Crippen LogP contribution in [0.3, 0.4) is 0 Å². The Morgan fingerprint density at radius 2 is 1.77 bits per heavy atom. The number of nitrogens with one attached hydrogen (secondary N) is 1. The summed E-state index contributed by atoms with van der Waals surface area (Å²) in [6, 6.07) is 9.49. The first-order valence-corrected chi connectivity index (χ1v) is 7.99. The number of methoxy groups -OCH3 is 2. The molecule has 0 aliphatic rings. The van der Waals surface area contributed by atoms with E-state index in [2.05, 4.69) is 5.32 Å². The fourth-order valence-corrected chi connectivity index (χ4v) is 2.56. The van der Waals surface area contributed by atoms with Gasteiger partial charge in [0.2, 0.25) is 0 Å². The van der Waals surface area contributed by atoms with Crippen LogP contribution in [0.2, 0.25) is 0 Å². The van der Waals surface area contributed by atoms with E-state index in [4.69, 9.17) is 9.47 Å². The van der Waals surface area contributed by atoms with Crippen molar-refractivity contribution in [2.75, 3.05) is 19.5 Å². The maximum Gasteiger partial charge on any atom is 0.273 e. The van der Waals surface area contributed by atoms with E-state index in [1.54, 1.807) is 30.3 Å². The molecule has 7 heteroatoms. The van der Waals surface area contributed by atoms with Crippen LogP contribution in [0.25, 0.3) is 0 Å². The number of anilines is 1. The average Bonchev–Trinajstić information content (AvgIpc) is 2.60. The number of nitro benzene ring substituents is 1. The molecule has 0 aliphatic heterocycles. The number of hydrogen-bond donors (Lipinski definition) is 1. The summed E-state index contributed by atoms with van der Waals surface area (Å²) < 4.78 is 10.4. The molecule has 0 aromatic heterocycles. The van der Waals surface area contributed by atoms with Crippen molar-refractivity contribution in [1.29, 1.82) is 0 Å². The minimum absolute atomic E-state index is 0.0808. The third-order valence-corrected chi connectivity index (χ3v) is 3.92. The summed E-state index contributed by atoms with van der Waals surface area (Å²) in [6.45, 7) is 5.66. The van der Waals surface area contributed by atoms with Crippen LogP contribution in [0.4, 0.5) is 11.4 Å². The molecular weight excluding hydrogens is 336 g/mol. The van der Waals surface area contributed by atoms with Crippen molar-refractivity contribution in [3.8, 4) is 11.5 Å². The molecule has 1 amide bonds. The van der Waals surface area contributed by atoms with Crippen LogP contribution in [0.15, 0.2) is 36.4 Å². The molecule has 0 bridgehead atoms. The lowest BCUT2D eigenvalue weighted by molar-refractivity contribution is -0.386. The Labute approximate surface area is 152 Å². The molecule has 2 aromatic rings. The van der Waals surface area contributed by atoms with Gasteiger partial charge in [-0.1, -0.05) is 26.8 Å². The van der Waals surface area contributed by atoms with Crippen molar-refractivity contribution in [3.63, 3.8) is 0 Å². The molecule has 2 rings (SSSR count). The number of nitrogens with zero attached hydrogens (tertiary/aromatic N) is 1. The van der Waals surface area contributed by atoms with Crippen molar-refractivity contribution in [2.45, 2.75) is 26.2 Å². The molecule has 0 heterocycles. The summed E-state index contributed by atoms with van der Waals surface area (Å²) in [7, 11) is 3.00. The van der Waals surface area contributed by atoms with E-state index in [1.807, 2.05) is 20.8 Å². The SMILES string of the molecule is COc1ccc(OC)c(NC(=O)c2ccc(C(C)(C)C)c([N+](=O)[O-])c2)c1. The summed E-state index contributed by atoms with van der Waals surface area (Å²) in [4.78, 5) is 23.5. The molecule has 0 unspecified atom stereocenters. The van der Waals surface area contributed by atoms with Gasteiger partial charge >= 0.3 is 0 Å². The Morgan fingerprint density at radius 3 is 2.31 bits per heavy atom. The largest absolute Gasteiger partial charge is 0.497 e. The van der Waals surface area contributed by atoms with Gasteiger partial charge in [-0.3, -0.25) is 14.9 Å². The first kappa shape index (κ1) is 19.2. The first-order valence-electron chi connectivity index (χ1n) is 7.99. The van der Waals surface area contributed by atoms with Crippen LogP contribution in [0, 0.1) is 10.1 Å². The van der Waals surface area contributed by atoms with Gasteiger partial charge in [-0.05, 0) is 23.6 Å². The molecular formula is C19H22N2O5. The van der Waals surface area contributed by atoms with Gasteiger partial charge in [0, 0.05) is 23.3 Å². The number of ether oxygens (including phenoxy) is 2. The third-order valence-electron chi connectivity index (χ3n) is 3.92. The maximum absolute atomic E-state index is 12.6. The van der Waals surface area contributed by atoms with Crippen LogP contribution in [-0.4, -0.2) is 25.1 Å². The monoisotopic (exact) mass is 358 g/mol. The van der Waals surface area contributed by atoms with Crippen LogP contribution >= 0.6 is 0 Å². The van der Waals surface area contributed by atoms with Crippen LogP contribution in [0.5, 0.6) is 11.5 Å². The van der Waals surface area contributed by atoms with Crippen molar-refractivity contribution in [1.82, 2.24) is 0 Å². The molecule has 0 fully saturated rings.